The minimum absolute atomic E-state index is 0. The zero-order valence-corrected chi connectivity index (χ0v) is 13.1. The van der Waals surface area contributed by atoms with Crippen LogP contribution >= 0.6 is 12.4 Å². The molecule has 0 fully saturated rings. The van der Waals surface area contributed by atoms with E-state index in [-0.39, 0.29) is 35.3 Å². The Morgan fingerprint density at radius 3 is 2.57 bits per heavy atom. The number of benzene rings is 1. The summed E-state index contributed by atoms with van der Waals surface area (Å²) in [6, 6.07) is 3.35. The molecule has 1 rings (SSSR count). The Balaban J connectivity index is 0.00000400. The second-order valence-electron chi connectivity index (χ2n) is 3.99. The van der Waals surface area contributed by atoms with Crippen molar-refractivity contribution >= 4 is 28.1 Å². The Kier molecular flexibility index (Phi) is 8.18. The van der Waals surface area contributed by atoms with E-state index >= 15 is 0 Å². The van der Waals surface area contributed by atoms with Gasteiger partial charge in [0.25, 0.3) is 5.69 Å². The fourth-order valence-corrected chi connectivity index (χ4v) is 2.77. The van der Waals surface area contributed by atoms with Gasteiger partial charge in [0.05, 0.1) is 18.1 Å². The van der Waals surface area contributed by atoms with Crippen molar-refractivity contribution in [2.24, 2.45) is 5.73 Å². The largest absolute Gasteiger partial charge is 0.495 e. The van der Waals surface area contributed by atoms with E-state index in [9.17, 15) is 18.5 Å². The van der Waals surface area contributed by atoms with Crippen LogP contribution in [0.2, 0.25) is 0 Å². The standard InChI is InChI=1S/C11H17N3O5S.ClH/c1-19-10-8-9(14(15)16)4-5-11(10)20(17,18)13-7-3-2-6-12;/h4-5,8,13H,2-3,6-7,12H2,1H3;1H. The second-order valence-corrected chi connectivity index (χ2v) is 5.72. The molecule has 0 aliphatic heterocycles. The van der Waals surface area contributed by atoms with Gasteiger partial charge in [-0.2, -0.15) is 0 Å². The average molecular weight is 340 g/mol. The molecule has 0 atom stereocenters. The molecule has 0 aromatic heterocycles. The third-order valence-electron chi connectivity index (χ3n) is 2.57. The van der Waals surface area contributed by atoms with Crippen LogP contribution in [0.15, 0.2) is 23.1 Å². The highest BCUT2D eigenvalue weighted by Gasteiger charge is 2.21. The van der Waals surface area contributed by atoms with Crippen LogP contribution in [0.1, 0.15) is 12.8 Å². The molecule has 10 heteroatoms. The van der Waals surface area contributed by atoms with Gasteiger partial charge in [-0.15, -0.1) is 12.4 Å². The normalized spacial score (nSPS) is 10.8. The monoisotopic (exact) mass is 339 g/mol. The molecule has 0 aliphatic rings. The van der Waals surface area contributed by atoms with Gasteiger partial charge in [-0.3, -0.25) is 10.1 Å². The summed E-state index contributed by atoms with van der Waals surface area (Å²) >= 11 is 0. The molecule has 0 saturated heterocycles. The number of non-ortho nitro benzene ring substituents is 1. The summed E-state index contributed by atoms with van der Waals surface area (Å²) in [5.74, 6) is -0.0643. The van der Waals surface area contributed by atoms with Crippen molar-refractivity contribution in [3.05, 3.63) is 28.3 Å². The first-order chi connectivity index (χ1) is 9.42. The highest BCUT2D eigenvalue weighted by atomic mass is 35.5. The van der Waals surface area contributed by atoms with E-state index in [4.69, 9.17) is 10.5 Å². The number of sulfonamides is 1. The maximum Gasteiger partial charge on any atom is 0.273 e. The zero-order valence-electron chi connectivity index (χ0n) is 11.4. The molecule has 0 amide bonds. The molecule has 0 spiro atoms. The van der Waals surface area contributed by atoms with Crippen molar-refractivity contribution in [1.82, 2.24) is 4.72 Å². The number of nitrogens with one attached hydrogen (secondary N) is 1. The molecule has 120 valence electrons. The van der Waals surface area contributed by atoms with Crippen LogP contribution in [-0.4, -0.2) is 33.5 Å². The first-order valence-corrected chi connectivity index (χ1v) is 7.43. The van der Waals surface area contributed by atoms with Crippen molar-refractivity contribution in [1.29, 1.82) is 0 Å². The number of nitro groups is 1. The third-order valence-corrected chi connectivity index (χ3v) is 4.07. The van der Waals surface area contributed by atoms with E-state index < -0.39 is 14.9 Å². The predicted octanol–water partition coefficient (Wildman–Crippen LogP) is 1.04. The van der Waals surface area contributed by atoms with Crippen LogP contribution in [0.5, 0.6) is 5.75 Å². The predicted molar refractivity (Wildman–Crippen MR) is 80.4 cm³/mol. The topological polar surface area (TPSA) is 125 Å². The lowest BCUT2D eigenvalue weighted by molar-refractivity contribution is -0.385. The number of halogens is 1. The number of hydrogen-bond donors (Lipinski definition) is 2. The summed E-state index contributed by atoms with van der Waals surface area (Å²) in [6.07, 6.45) is 1.32. The first kappa shape index (κ1) is 19.6. The van der Waals surface area contributed by atoms with Gasteiger partial charge in [-0.25, -0.2) is 13.1 Å². The van der Waals surface area contributed by atoms with E-state index in [1.54, 1.807) is 0 Å². The number of nitrogens with zero attached hydrogens (tertiary/aromatic N) is 1. The SMILES string of the molecule is COc1cc([N+](=O)[O-])ccc1S(=O)(=O)NCCCCN.Cl. The smallest absolute Gasteiger partial charge is 0.273 e. The van der Waals surface area contributed by atoms with Crippen LogP contribution in [0, 0.1) is 10.1 Å². The number of methoxy groups -OCH3 is 1. The minimum atomic E-state index is -3.76. The molecule has 0 saturated carbocycles. The molecule has 0 aliphatic carbocycles. The van der Waals surface area contributed by atoms with Crippen LogP contribution < -0.4 is 15.2 Å². The molecule has 1 aromatic carbocycles. The maximum atomic E-state index is 12.1. The van der Waals surface area contributed by atoms with Crippen LogP contribution in [0.3, 0.4) is 0 Å². The van der Waals surface area contributed by atoms with Crippen molar-refractivity contribution in [3.63, 3.8) is 0 Å². The summed E-state index contributed by atoms with van der Waals surface area (Å²) < 4.78 is 31.4. The van der Waals surface area contributed by atoms with Gasteiger partial charge in [0, 0.05) is 12.6 Å². The van der Waals surface area contributed by atoms with Crippen molar-refractivity contribution < 1.29 is 18.1 Å². The molecular formula is C11H18ClN3O5S. The molecule has 0 unspecified atom stereocenters. The molecule has 21 heavy (non-hydrogen) atoms. The summed E-state index contributed by atoms with van der Waals surface area (Å²) in [6.45, 7) is 0.738. The van der Waals surface area contributed by atoms with E-state index in [0.717, 1.165) is 18.2 Å². The fourth-order valence-electron chi connectivity index (χ4n) is 1.55. The van der Waals surface area contributed by atoms with Crippen molar-refractivity contribution in [2.45, 2.75) is 17.7 Å². The summed E-state index contributed by atoms with van der Waals surface area (Å²) in [5, 5.41) is 10.6. The van der Waals surface area contributed by atoms with E-state index in [0.29, 0.717) is 19.4 Å². The summed E-state index contributed by atoms with van der Waals surface area (Å²) in [5.41, 5.74) is 5.09. The van der Waals surface area contributed by atoms with Crippen molar-refractivity contribution in [2.75, 3.05) is 20.2 Å². The van der Waals surface area contributed by atoms with Crippen LogP contribution in [0.25, 0.3) is 0 Å². The van der Waals surface area contributed by atoms with E-state index in [1.165, 1.54) is 7.11 Å². The molecule has 3 N–H and O–H groups in total. The molecular weight excluding hydrogens is 322 g/mol. The third kappa shape index (κ3) is 5.46. The van der Waals surface area contributed by atoms with Gasteiger partial charge in [-0.05, 0) is 25.5 Å². The Bertz CT molecular complexity index is 579. The highest BCUT2D eigenvalue weighted by molar-refractivity contribution is 7.89. The maximum absolute atomic E-state index is 12.1. The highest BCUT2D eigenvalue weighted by Crippen LogP contribution is 2.28. The Labute approximate surface area is 129 Å². The Morgan fingerprint density at radius 1 is 1.38 bits per heavy atom. The van der Waals surface area contributed by atoms with Gasteiger partial charge in [0.15, 0.2) is 0 Å². The summed E-state index contributed by atoms with van der Waals surface area (Å²) in [4.78, 5) is 9.90. The molecule has 0 bridgehead atoms. The summed E-state index contributed by atoms with van der Waals surface area (Å²) in [7, 11) is -2.51. The van der Waals surface area contributed by atoms with Crippen LogP contribution in [-0.2, 0) is 10.0 Å². The van der Waals surface area contributed by atoms with Gasteiger partial charge in [-0.1, -0.05) is 0 Å². The zero-order chi connectivity index (χ0) is 15.2. The molecule has 0 radical (unpaired) electrons. The lowest BCUT2D eigenvalue weighted by Crippen LogP contribution is -2.25. The first-order valence-electron chi connectivity index (χ1n) is 5.94. The lowest BCUT2D eigenvalue weighted by atomic mass is 10.3. The van der Waals surface area contributed by atoms with Crippen molar-refractivity contribution in [3.8, 4) is 5.75 Å². The number of rotatable bonds is 8. The fraction of sp³-hybridized carbons (Fsp3) is 0.455. The lowest BCUT2D eigenvalue weighted by Gasteiger charge is -2.10. The number of hydrogen-bond acceptors (Lipinski definition) is 6. The number of unbranched alkanes of at least 4 members (excludes halogenated alkanes) is 1. The van der Waals surface area contributed by atoms with E-state index in [1.807, 2.05) is 0 Å². The van der Waals surface area contributed by atoms with Gasteiger partial charge in [0.2, 0.25) is 10.0 Å². The quantitative estimate of drug-likeness (QED) is 0.414. The Morgan fingerprint density at radius 2 is 2.05 bits per heavy atom. The van der Waals surface area contributed by atoms with Gasteiger partial charge in [0.1, 0.15) is 10.6 Å². The van der Waals surface area contributed by atoms with Crippen LogP contribution in [0.4, 0.5) is 5.69 Å². The number of nitro benzene ring substituents is 1. The molecule has 0 heterocycles. The number of nitrogens with two attached hydrogens (primary N) is 1. The van der Waals surface area contributed by atoms with Gasteiger partial charge < -0.3 is 10.5 Å². The number of ether oxygens (including phenoxy) is 1. The Hall–Kier alpha value is -1.42. The molecule has 8 nitrogen and oxygen atoms in total. The second kappa shape index (κ2) is 8.78. The van der Waals surface area contributed by atoms with E-state index in [2.05, 4.69) is 4.72 Å². The minimum Gasteiger partial charge on any atom is -0.495 e. The average Bonchev–Trinajstić information content (AvgIpc) is 2.42. The molecule has 1 aromatic rings. The van der Waals surface area contributed by atoms with Gasteiger partial charge >= 0.3 is 0 Å².